The summed E-state index contributed by atoms with van der Waals surface area (Å²) >= 11 is 3.51. The van der Waals surface area contributed by atoms with E-state index in [0.717, 1.165) is 0 Å². The number of hydrogen-bond donors (Lipinski definition) is 1. The number of hydrogen-bond acceptors (Lipinski definition) is 1. The maximum absolute atomic E-state index is 10.6. The fourth-order valence-corrected chi connectivity index (χ4v) is 0. The van der Waals surface area contributed by atoms with Crippen molar-refractivity contribution in [3.63, 3.8) is 0 Å². The normalized spacial score (nSPS) is 11.6. The Hall–Kier alpha value is -0.0431. The van der Waals surface area contributed by atoms with Crippen LogP contribution in [0.1, 0.15) is 0 Å². The third-order valence-corrected chi connectivity index (χ3v) is 0.243. The zero-order valence-electron chi connectivity index (χ0n) is 6.87. The maximum Gasteiger partial charge on any atom is 0.490 e. The van der Waals surface area contributed by atoms with Crippen LogP contribution in [0, 0.1) is 0 Å². The van der Waals surface area contributed by atoms with Gasteiger partial charge in [0.25, 0.3) is 0 Å². The first-order valence-corrected chi connectivity index (χ1v) is 8.69. The molecule has 0 aromatic heterocycles. The number of rotatable bonds is 0. The van der Waals surface area contributed by atoms with Crippen LogP contribution >= 0.6 is 15.3 Å². The molecule has 0 saturated carbocycles. The van der Waals surface area contributed by atoms with Gasteiger partial charge in [0.1, 0.15) is 6.69 Å². The molecule has 0 heterocycles. The van der Waals surface area contributed by atoms with Crippen LogP contribution in [0.25, 0.3) is 0 Å². The van der Waals surface area contributed by atoms with E-state index in [9.17, 15) is 13.2 Å². The Balaban J connectivity index is 0. The second-order valence-corrected chi connectivity index (χ2v) is 14.1. The van der Waals surface area contributed by atoms with Crippen LogP contribution in [0.5, 0.6) is 0 Å². The molecule has 0 aliphatic carbocycles. The molecule has 0 spiro atoms. The fraction of sp³-hybridized carbons (Fsp3) is 0.800. The minimum Gasteiger partial charge on any atom is -0.475 e. The summed E-state index contributed by atoms with van der Waals surface area (Å²) in [5, 5.41) is 7.12. The number of carboxylic acid groups (broad SMARTS) is 1. The molecule has 0 atom stereocenters. The highest BCUT2D eigenvalue weighted by Gasteiger charge is 2.38. The topological polar surface area (TPSA) is 37.3 Å². The van der Waals surface area contributed by atoms with Gasteiger partial charge in [-0.15, -0.1) is 15.3 Å². The van der Waals surface area contributed by atoms with Crippen molar-refractivity contribution in [2.24, 2.45) is 0 Å². The van der Waals surface area contributed by atoms with Gasteiger partial charge in [-0.2, -0.15) is 13.2 Å². The Labute approximate surface area is 77.4 Å². The van der Waals surface area contributed by atoms with Gasteiger partial charge in [0.15, 0.2) is 0 Å². The summed E-state index contributed by atoms with van der Waals surface area (Å²) in [6.45, 7) is 5.93. The highest BCUT2D eigenvalue weighted by atomic mass is 79.9. The average molecular weight is 267 g/mol. The van der Waals surface area contributed by atoms with E-state index in [-0.39, 0.29) is 0 Å². The van der Waals surface area contributed by atoms with Crippen molar-refractivity contribution < 1.29 is 23.1 Å². The second kappa shape index (κ2) is 4.86. The Morgan fingerprint density at radius 3 is 1.42 bits per heavy atom. The lowest BCUT2D eigenvalue weighted by Gasteiger charge is -1.98. The molecule has 0 rings (SSSR count). The van der Waals surface area contributed by atoms with Gasteiger partial charge in [-0.3, -0.25) is 0 Å². The molecule has 0 unspecified atom stereocenters. The van der Waals surface area contributed by atoms with Gasteiger partial charge in [-0.1, -0.05) is 19.6 Å². The SMILES string of the molecule is C[Si](C)(C)Br.O=C(O)C(F)(F)F. The van der Waals surface area contributed by atoms with Crippen molar-refractivity contribution in [3.05, 3.63) is 0 Å². The summed E-state index contributed by atoms with van der Waals surface area (Å²) in [6, 6.07) is 0. The van der Waals surface area contributed by atoms with E-state index in [0.29, 0.717) is 0 Å². The van der Waals surface area contributed by atoms with E-state index in [1.54, 1.807) is 0 Å². The van der Waals surface area contributed by atoms with Gasteiger partial charge in [0, 0.05) is 0 Å². The van der Waals surface area contributed by atoms with Crippen molar-refractivity contribution in [2.45, 2.75) is 25.8 Å². The third-order valence-electron chi connectivity index (χ3n) is 0.243. The highest BCUT2D eigenvalue weighted by molar-refractivity contribution is 9.26. The molecule has 1 N–H and O–H groups in total. The molecule has 0 aromatic carbocycles. The van der Waals surface area contributed by atoms with Crippen LogP contribution < -0.4 is 0 Å². The number of carboxylic acids is 1. The largest absolute Gasteiger partial charge is 0.490 e. The predicted molar refractivity (Wildman–Crippen MR) is 46.0 cm³/mol. The van der Waals surface area contributed by atoms with Gasteiger partial charge in [0.2, 0.25) is 0 Å². The molecule has 0 bridgehead atoms. The Bertz CT molecular complexity index is 146. The first-order chi connectivity index (χ1) is 4.94. The summed E-state index contributed by atoms with van der Waals surface area (Å²) in [4.78, 5) is 8.90. The fourth-order valence-electron chi connectivity index (χ4n) is 0. The molecule has 0 aliphatic heterocycles. The molecule has 7 heteroatoms. The summed E-state index contributed by atoms with van der Waals surface area (Å²) in [5.74, 6) is -2.76. The van der Waals surface area contributed by atoms with Crippen LogP contribution in [-0.4, -0.2) is 23.9 Å². The van der Waals surface area contributed by atoms with Gasteiger partial charge in [-0.25, -0.2) is 4.79 Å². The van der Waals surface area contributed by atoms with Crippen LogP contribution in [-0.2, 0) is 4.79 Å². The average Bonchev–Trinajstić information content (AvgIpc) is 1.55. The van der Waals surface area contributed by atoms with Gasteiger partial charge in [0.05, 0.1) is 0 Å². The van der Waals surface area contributed by atoms with Crippen molar-refractivity contribution in [2.75, 3.05) is 0 Å². The van der Waals surface area contributed by atoms with Crippen LogP contribution in [0.2, 0.25) is 19.6 Å². The van der Waals surface area contributed by atoms with Crippen LogP contribution in [0.4, 0.5) is 13.2 Å². The lowest BCUT2D eigenvalue weighted by molar-refractivity contribution is -0.192. The van der Waals surface area contributed by atoms with Crippen LogP contribution in [0.15, 0.2) is 0 Å². The lowest BCUT2D eigenvalue weighted by Crippen LogP contribution is -2.21. The van der Waals surface area contributed by atoms with E-state index < -0.39 is 18.8 Å². The standard InChI is InChI=1S/C3H9BrSi.C2HF3O2/c1-5(2,3)4;3-2(4,5)1(6)7/h1-3H3;(H,6,7). The Kier molecular flexibility index (Phi) is 5.86. The summed E-state index contributed by atoms with van der Waals surface area (Å²) in [6.07, 6.45) is -5.08. The van der Waals surface area contributed by atoms with E-state index in [1.807, 2.05) is 0 Å². The van der Waals surface area contributed by atoms with E-state index in [1.165, 1.54) is 0 Å². The first-order valence-electron chi connectivity index (χ1n) is 2.93. The molecule has 0 aliphatic rings. The molecule has 12 heavy (non-hydrogen) atoms. The van der Waals surface area contributed by atoms with Crippen LogP contribution in [0.3, 0.4) is 0 Å². The lowest BCUT2D eigenvalue weighted by atomic mass is 10.7. The van der Waals surface area contributed by atoms with Crippen molar-refractivity contribution in [1.29, 1.82) is 0 Å². The van der Waals surface area contributed by atoms with Gasteiger partial charge in [-0.05, 0) is 0 Å². The highest BCUT2D eigenvalue weighted by Crippen LogP contribution is 2.13. The molecule has 74 valence electrons. The molecule has 2 nitrogen and oxygen atoms in total. The van der Waals surface area contributed by atoms with Gasteiger partial charge >= 0.3 is 12.1 Å². The van der Waals surface area contributed by atoms with E-state index >= 15 is 0 Å². The Morgan fingerprint density at radius 1 is 1.33 bits per heavy atom. The number of aliphatic carboxylic acids is 1. The summed E-state index contributed by atoms with van der Waals surface area (Å²) < 4.78 is 31.7. The molecule has 0 aromatic rings. The molecule has 0 fully saturated rings. The van der Waals surface area contributed by atoms with E-state index in [2.05, 4.69) is 34.9 Å². The predicted octanol–water partition coefficient (Wildman–Crippen LogP) is 2.85. The van der Waals surface area contributed by atoms with Gasteiger partial charge < -0.3 is 5.11 Å². The number of alkyl halides is 3. The summed E-state index contributed by atoms with van der Waals surface area (Å²) in [5.41, 5.74) is 0. The molecule has 0 amide bonds. The minimum absolute atomic E-state index is 0.799. The second-order valence-electron chi connectivity index (χ2n) is 2.87. The monoisotopic (exact) mass is 266 g/mol. The van der Waals surface area contributed by atoms with E-state index in [4.69, 9.17) is 9.90 Å². The molecule has 0 saturated heterocycles. The van der Waals surface area contributed by atoms with Crippen molar-refractivity contribution in [1.82, 2.24) is 0 Å². The zero-order valence-corrected chi connectivity index (χ0v) is 9.45. The molecule has 0 radical (unpaired) electrons. The molecular weight excluding hydrogens is 257 g/mol. The first kappa shape index (κ1) is 14.5. The summed E-state index contributed by atoms with van der Waals surface area (Å²) in [7, 11) is 0. The van der Waals surface area contributed by atoms with Crippen molar-refractivity contribution >= 4 is 28.0 Å². The Morgan fingerprint density at radius 2 is 1.42 bits per heavy atom. The quantitative estimate of drug-likeness (QED) is 0.541. The smallest absolute Gasteiger partial charge is 0.475 e. The third kappa shape index (κ3) is 22.5. The number of halogens is 4. The minimum atomic E-state index is -5.08. The maximum atomic E-state index is 10.6. The number of carbonyl (C=O) groups is 1. The zero-order chi connectivity index (χ0) is 10.6. The van der Waals surface area contributed by atoms with Crippen molar-refractivity contribution in [3.8, 4) is 0 Å². The molecular formula is C5H10BrF3O2Si.